The van der Waals surface area contributed by atoms with Crippen LogP contribution in [0.4, 0.5) is 10.2 Å². The second-order valence-corrected chi connectivity index (χ2v) is 7.84. The number of para-hydroxylation sites is 1. The predicted octanol–water partition coefficient (Wildman–Crippen LogP) is 4.90. The molecule has 4 aromatic rings. The molecule has 28 heavy (non-hydrogen) atoms. The van der Waals surface area contributed by atoms with Gasteiger partial charge >= 0.3 is 0 Å². The molecule has 0 aliphatic carbocycles. The molecule has 0 atom stereocenters. The summed E-state index contributed by atoms with van der Waals surface area (Å²) in [6.07, 6.45) is 2.08. The molecule has 4 rings (SSSR count). The smallest absolute Gasteiger partial charge is 0.196 e. The number of benzene rings is 2. The SMILES string of the molecule is CCCNCCCNc1nc2ccccc2c2c(=O)c3cc(F)ccc3sc12. The molecule has 0 radical (unpaired) electrons. The summed E-state index contributed by atoms with van der Waals surface area (Å²) in [5, 5.41) is 8.63. The van der Waals surface area contributed by atoms with Crippen LogP contribution in [-0.2, 0) is 0 Å². The fourth-order valence-corrected chi connectivity index (χ4v) is 4.51. The van der Waals surface area contributed by atoms with Crippen molar-refractivity contribution in [1.29, 1.82) is 0 Å². The molecule has 0 aliphatic heterocycles. The Morgan fingerprint density at radius 2 is 1.93 bits per heavy atom. The number of rotatable bonds is 7. The van der Waals surface area contributed by atoms with Gasteiger partial charge in [0.25, 0.3) is 0 Å². The lowest BCUT2D eigenvalue weighted by molar-refractivity contribution is 0.630. The van der Waals surface area contributed by atoms with Crippen molar-refractivity contribution in [3.63, 3.8) is 0 Å². The Bertz CT molecular complexity index is 1210. The van der Waals surface area contributed by atoms with Crippen LogP contribution in [0.25, 0.3) is 31.1 Å². The van der Waals surface area contributed by atoms with E-state index in [1.54, 1.807) is 6.07 Å². The average molecular weight is 396 g/mol. The van der Waals surface area contributed by atoms with Gasteiger partial charge in [0.15, 0.2) is 5.43 Å². The molecule has 2 heterocycles. The highest BCUT2D eigenvalue weighted by Crippen LogP contribution is 2.34. The zero-order valence-electron chi connectivity index (χ0n) is 15.7. The summed E-state index contributed by atoms with van der Waals surface area (Å²) in [5.74, 6) is 0.324. The highest BCUT2D eigenvalue weighted by Gasteiger charge is 2.15. The molecule has 0 saturated carbocycles. The molecule has 144 valence electrons. The largest absolute Gasteiger partial charge is 0.369 e. The Morgan fingerprint density at radius 1 is 1.07 bits per heavy atom. The van der Waals surface area contributed by atoms with Crippen molar-refractivity contribution in [2.45, 2.75) is 19.8 Å². The molecule has 4 nitrogen and oxygen atoms in total. The summed E-state index contributed by atoms with van der Waals surface area (Å²) in [5.41, 5.74) is 0.621. The Hall–Kier alpha value is -2.57. The first-order valence-corrected chi connectivity index (χ1v) is 10.4. The van der Waals surface area contributed by atoms with E-state index in [-0.39, 0.29) is 5.43 Å². The first-order valence-electron chi connectivity index (χ1n) is 9.58. The van der Waals surface area contributed by atoms with Gasteiger partial charge in [-0.3, -0.25) is 4.79 Å². The normalized spacial score (nSPS) is 11.5. The first-order chi connectivity index (χ1) is 13.7. The van der Waals surface area contributed by atoms with Crippen LogP contribution in [0, 0.1) is 5.82 Å². The number of aromatic nitrogens is 1. The van der Waals surface area contributed by atoms with Crippen LogP contribution in [0.5, 0.6) is 0 Å². The van der Waals surface area contributed by atoms with E-state index in [1.165, 1.54) is 23.5 Å². The maximum Gasteiger partial charge on any atom is 0.196 e. The molecule has 0 saturated heterocycles. The zero-order chi connectivity index (χ0) is 19.5. The highest BCUT2D eigenvalue weighted by atomic mass is 32.1. The van der Waals surface area contributed by atoms with Gasteiger partial charge in [-0.05, 0) is 50.2 Å². The maximum absolute atomic E-state index is 13.7. The van der Waals surface area contributed by atoms with E-state index in [1.807, 2.05) is 24.3 Å². The Labute approximate surface area is 166 Å². The molecule has 6 heteroatoms. The van der Waals surface area contributed by atoms with Gasteiger partial charge in [-0.25, -0.2) is 9.37 Å². The second-order valence-electron chi connectivity index (χ2n) is 6.78. The average Bonchev–Trinajstić information content (AvgIpc) is 2.71. The van der Waals surface area contributed by atoms with Crippen LogP contribution < -0.4 is 16.1 Å². The number of pyridine rings is 1. The van der Waals surface area contributed by atoms with E-state index in [9.17, 15) is 9.18 Å². The number of halogens is 1. The molecule has 0 aliphatic rings. The molecule has 2 aromatic carbocycles. The van der Waals surface area contributed by atoms with Crippen molar-refractivity contribution in [3.05, 3.63) is 58.5 Å². The van der Waals surface area contributed by atoms with E-state index < -0.39 is 5.82 Å². The van der Waals surface area contributed by atoms with Crippen molar-refractivity contribution < 1.29 is 4.39 Å². The number of nitrogens with zero attached hydrogens (tertiary/aromatic N) is 1. The van der Waals surface area contributed by atoms with Crippen molar-refractivity contribution in [1.82, 2.24) is 10.3 Å². The lowest BCUT2D eigenvalue weighted by Crippen LogP contribution is -2.19. The zero-order valence-corrected chi connectivity index (χ0v) is 16.5. The van der Waals surface area contributed by atoms with Crippen molar-refractivity contribution >= 4 is 48.2 Å². The number of nitrogens with one attached hydrogen (secondary N) is 2. The quantitative estimate of drug-likeness (QED) is 0.265. The summed E-state index contributed by atoms with van der Waals surface area (Å²) < 4.78 is 15.3. The van der Waals surface area contributed by atoms with E-state index in [4.69, 9.17) is 4.98 Å². The molecule has 0 unspecified atom stereocenters. The number of hydrogen-bond donors (Lipinski definition) is 2. The van der Waals surface area contributed by atoms with Gasteiger partial charge in [-0.2, -0.15) is 0 Å². The van der Waals surface area contributed by atoms with Gasteiger partial charge < -0.3 is 10.6 Å². The Balaban J connectivity index is 1.83. The first kappa shape index (κ1) is 18.8. The molecule has 0 amide bonds. The van der Waals surface area contributed by atoms with Gasteiger partial charge in [-0.1, -0.05) is 25.1 Å². The van der Waals surface area contributed by atoms with Gasteiger partial charge in [0.1, 0.15) is 11.6 Å². The van der Waals surface area contributed by atoms with Crippen LogP contribution >= 0.6 is 11.3 Å². The van der Waals surface area contributed by atoms with Crippen molar-refractivity contribution in [3.8, 4) is 0 Å². The van der Waals surface area contributed by atoms with E-state index in [2.05, 4.69) is 17.6 Å². The van der Waals surface area contributed by atoms with Crippen molar-refractivity contribution in [2.75, 3.05) is 25.0 Å². The van der Waals surface area contributed by atoms with Crippen LogP contribution in [0.3, 0.4) is 0 Å². The minimum absolute atomic E-state index is 0.144. The Kier molecular flexibility index (Phi) is 5.50. The molecule has 2 N–H and O–H groups in total. The van der Waals surface area contributed by atoms with Crippen LogP contribution in [0.2, 0.25) is 0 Å². The maximum atomic E-state index is 13.7. The molecule has 0 bridgehead atoms. The summed E-state index contributed by atoms with van der Waals surface area (Å²) in [4.78, 5) is 18.0. The van der Waals surface area contributed by atoms with E-state index in [0.717, 1.165) is 58.6 Å². The molecular formula is C22H22FN3OS. The minimum Gasteiger partial charge on any atom is -0.369 e. The molecule has 0 spiro atoms. The number of fused-ring (bicyclic) bond motifs is 4. The summed E-state index contributed by atoms with van der Waals surface area (Å²) in [7, 11) is 0. The monoisotopic (exact) mass is 395 g/mol. The molecule has 0 fully saturated rings. The van der Waals surface area contributed by atoms with Crippen LogP contribution in [0.1, 0.15) is 19.8 Å². The second kappa shape index (κ2) is 8.20. The van der Waals surface area contributed by atoms with E-state index >= 15 is 0 Å². The fraction of sp³-hybridized carbons (Fsp3) is 0.273. The lowest BCUT2D eigenvalue weighted by atomic mass is 10.1. The number of anilines is 1. The number of hydrogen-bond acceptors (Lipinski definition) is 5. The summed E-state index contributed by atoms with van der Waals surface area (Å²) in [6, 6.07) is 12.0. The van der Waals surface area contributed by atoms with Gasteiger partial charge in [-0.15, -0.1) is 11.3 Å². The van der Waals surface area contributed by atoms with Gasteiger partial charge in [0.2, 0.25) is 0 Å². The predicted molar refractivity (Wildman–Crippen MR) is 117 cm³/mol. The van der Waals surface area contributed by atoms with Crippen molar-refractivity contribution in [2.24, 2.45) is 0 Å². The molecule has 2 aromatic heterocycles. The fourth-order valence-electron chi connectivity index (χ4n) is 3.37. The summed E-state index contributed by atoms with van der Waals surface area (Å²) in [6.45, 7) is 4.86. The third kappa shape index (κ3) is 3.57. The molecular weight excluding hydrogens is 373 g/mol. The van der Waals surface area contributed by atoms with Crippen LogP contribution in [-0.4, -0.2) is 24.6 Å². The van der Waals surface area contributed by atoms with Gasteiger partial charge in [0, 0.05) is 22.0 Å². The van der Waals surface area contributed by atoms with Crippen LogP contribution in [0.15, 0.2) is 47.3 Å². The van der Waals surface area contributed by atoms with Gasteiger partial charge in [0.05, 0.1) is 15.6 Å². The van der Waals surface area contributed by atoms with E-state index in [0.29, 0.717) is 10.8 Å². The third-order valence-electron chi connectivity index (χ3n) is 4.72. The third-order valence-corrected chi connectivity index (χ3v) is 5.90. The lowest BCUT2D eigenvalue weighted by Gasteiger charge is -2.12. The summed E-state index contributed by atoms with van der Waals surface area (Å²) >= 11 is 1.48. The minimum atomic E-state index is -0.396. The highest BCUT2D eigenvalue weighted by molar-refractivity contribution is 7.25. The standard InChI is InChI=1S/C22H22FN3OS/c1-2-10-24-11-5-12-25-22-21-19(15-6-3-4-7-17(15)26-22)20(27)16-13-14(23)8-9-18(16)28-21/h3-4,6-9,13,24H,2,5,10-12H2,1H3,(H,25,26). The topological polar surface area (TPSA) is 54.0 Å². The Morgan fingerprint density at radius 3 is 2.79 bits per heavy atom.